The first-order chi connectivity index (χ1) is 6.37. The quantitative estimate of drug-likeness (QED) is 0.785. The first-order valence-corrected chi connectivity index (χ1v) is 4.20. The number of alkyl halides is 2. The number of hydrogen-bond donors (Lipinski definition) is 1. The van der Waals surface area contributed by atoms with Crippen LogP contribution in [0.25, 0.3) is 0 Å². The fraction of sp³-hybridized carbons (Fsp3) is 0.400. The lowest BCUT2D eigenvalue weighted by Crippen LogP contribution is -2.42. The molecule has 0 radical (unpaired) electrons. The van der Waals surface area contributed by atoms with Gasteiger partial charge in [-0.2, -0.15) is 0 Å². The van der Waals surface area contributed by atoms with Crippen molar-refractivity contribution in [3.05, 3.63) is 35.1 Å². The van der Waals surface area contributed by atoms with Gasteiger partial charge in [-0.3, -0.25) is 0 Å². The van der Waals surface area contributed by atoms with Crippen molar-refractivity contribution in [2.75, 3.05) is 0 Å². The van der Waals surface area contributed by atoms with Crippen LogP contribution >= 0.6 is 0 Å². The summed E-state index contributed by atoms with van der Waals surface area (Å²) in [4.78, 5) is 0. The molecule has 1 unspecified atom stereocenters. The summed E-state index contributed by atoms with van der Waals surface area (Å²) in [5.74, 6) is -0.685. The van der Waals surface area contributed by atoms with Gasteiger partial charge < -0.3 is 5.73 Å². The van der Waals surface area contributed by atoms with Crippen LogP contribution < -0.4 is 5.73 Å². The second kappa shape index (κ2) is 3.61. The normalized spacial score (nSPS) is 15.6. The number of aryl methyl sites for hydroxylation is 1. The zero-order valence-electron chi connectivity index (χ0n) is 8.02. The SMILES string of the molecule is Cc1cccc(F)c1C(C)(N)C(F)F. The van der Waals surface area contributed by atoms with E-state index in [1.54, 1.807) is 13.0 Å². The van der Waals surface area contributed by atoms with Gasteiger partial charge in [0.1, 0.15) is 11.4 Å². The van der Waals surface area contributed by atoms with Crippen LogP contribution in [0.1, 0.15) is 18.1 Å². The highest BCUT2D eigenvalue weighted by Crippen LogP contribution is 2.29. The molecule has 78 valence electrons. The molecule has 0 amide bonds. The van der Waals surface area contributed by atoms with E-state index in [2.05, 4.69) is 0 Å². The van der Waals surface area contributed by atoms with Gasteiger partial charge in [-0.1, -0.05) is 12.1 Å². The van der Waals surface area contributed by atoms with E-state index >= 15 is 0 Å². The summed E-state index contributed by atoms with van der Waals surface area (Å²) < 4.78 is 38.4. The van der Waals surface area contributed by atoms with Crippen molar-refractivity contribution >= 4 is 0 Å². The first kappa shape index (κ1) is 11.0. The molecule has 0 aliphatic heterocycles. The van der Waals surface area contributed by atoms with Crippen molar-refractivity contribution in [3.63, 3.8) is 0 Å². The van der Waals surface area contributed by atoms with Gasteiger partial charge in [0.2, 0.25) is 0 Å². The number of halogens is 3. The van der Waals surface area contributed by atoms with Crippen molar-refractivity contribution in [1.82, 2.24) is 0 Å². The van der Waals surface area contributed by atoms with Gasteiger partial charge in [0.15, 0.2) is 0 Å². The third-order valence-corrected chi connectivity index (χ3v) is 2.21. The van der Waals surface area contributed by atoms with E-state index in [9.17, 15) is 13.2 Å². The van der Waals surface area contributed by atoms with Crippen LogP contribution in [0.2, 0.25) is 0 Å². The number of nitrogens with two attached hydrogens (primary N) is 1. The Labute approximate surface area is 80.7 Å². The van der Waals surface area contributed by atoms with Crippen LogP contribution in [-0.4, -0.2) is 6.43 Å². The van der Waals surface area contributed by atoms with E-state index in [1.165, 1.54) is 6.07 Å². The highest BCUT2D eigenvalue weighted by molar-refractivity contribution is 5.33. The largest absolute Gasteiger partial charge is 0.317 e. The Morgan fingerprint density at radius 1 is 1.36 bits per heavy atom. The van der Waals surface area contributed by atoms with Gasteiger partial charge in [-0.05, 0) is 25.5 Å². The Kier molecular flexibility index (Phi) is 2.85. The fourth-order valence-corrected chi connectivity index (χ4v) is 1.42. The maximum absolute atomic E-state index is 13.3. The van der Waals surface area contributed by atoms with Crippen LogP contribution in [0.4, 0.5) is 13.2 Å². The molecule has 0 saturated heterocycles. The Balaban J connectivity index is 3.31. The Morgan fingerprint density at radius 3 is 2.36 bits per heavy atom. The van der Waals surface area contributed by atoms with E-state index < -0.39 is 17.8 Å². The van der Waals surface area contributed by atoms with Gasteiger partial charge in [0, 0.05) is 5.56 Å². The average molecular weight is 203 g/mol. The number of hydrogen-bond acceptors (Lipinski definition) is 1. The molecule has 0 spiro atoms. The van der Waals surface area contributed by atoms with E-state index in [4.69, 9.17) is 5.73 Å². The molecule has 1 aromatic carbocycles. The highest BCUT2D eigenvalue weighted by atomic mass is 19.3. The van der Waals surface area contributed by atoms with Crippen LogP contribution in [0.5, 0.6) is 0 Å². The third kappa shape index (κ3) is 1.75. The molecule has 1 aromatic rings. The Morgan fingerprint density at radius 2 is 1.93 bits per heavy atom. The van der Waals surface area contributed by atoms with Gasteiger partial charge in [0.25, 0.3) is 6.43 Å². The second-order valence-corrected chi connectivity index (χ2v) is 3.52. The fourth-order valence-electron chi connectivity index (χ4n) is 1.42. The maximum Gasteiger partial charge on any atom is 0.260 e. The van der Waals surface area contributed by atoms with Crippen LogP contribution in [0.15, 0.2) is 18.2 Å². The molecule has 1 atom stereocenters. The topological polar surface area (TPSA) is 26.0 Å². The minimum absolute atomic E-state index is 0.116. The first-order valence-electron chi connectivity index (χ1n) is 4.20. The van der Waals surface area contributed by atoms with E-state index in [1.807, 2.05) is 0 Å². The Hall–Kier alpha value is -1.03. The maximum atomic E-state index is 13.3. The zero-order valence-corrected chi connectivity index (χ0v) is 8.02. The smallest absolute Gasteiger partial charge is 0.260 e. The van der Waals surface area contributed by atoms with Crippen molar-refractivity contribution in [2.24, 2.45) is 5.73 Å². The molecule has 0 aliphatic rings. The second-order valence-electron chi connectivity index (χ2n) is 3.52. The van der Waals surface area contributed by atoms with E-state index in [0.29, 0.717) is 5.56 Å². The molecule has 1 nitrogen and oxygen atoms in total. The van der Waals surface area contributed by atoms with Gasteiger partial charge >= 0.3 is 0 Å². The summed E-state index contributed by atoms with van der Waals surface area (Å²) in [6, 6.07) is 4.16. The molecule has 0 aliphatic carbocycles. The van der Waals surface area contributed by atoms with Crippen LogP contribution in [0.3, 0.4) is 0 Å². The molecule has 0 aromatic heterocycles. The number of rotatable bonds is 2. The van der Waals surface area contributed by atoms with Crippen molar-refractivity contribution < 1.29 is 13.2 Å². The summed E-state index contributed by atoms with van der Waals surface area (Å²) in [6.07, 6.45) is -2.79. The molecular formula is C10H12F3N. The summed E-state index contributed by atoms with van der Waals surface area (Å²) in [5.41, 5.74) is 3.78. The molecule has 14 heavy (non-hydrogen) atoms. The Bertz CT molecular complexity index is 314. The van der Waals surface area contributed by atoms with Crippen molar-refractivity contribution in [3.8, 4) is 0 Å². The summed E-state index contributed by atoms with van der Waals surface area (Å²) >= 11 is 0. The highest BCUT2D eigenvalue weighted by Gasteiger charge is 2.35. The monoisotopic (exact) mass is 203 g/mol. The lowest BCUT2D eigenvalue weighted by atomic mass is 9.89. The number of benzene rings is 1. The average Bonchev–Trinajstić information content (AvgIpc) is 2.02. The summed E-state index contributed by atoms with van der Waals surface area (Å²) in [5, 5.41) is 0. The molecule has 0 saturated carbocycles. The minimum Gasteiger partial charge on any atom is -0.317 e. The zero-order chi connectivity index (χ0) is 10.9. The molecule has 0 heterocycles. The van der Waals surface area contributed by atoms with Crippen LogP contribution in [-0.2, 0) is 5.54 Å². The predicted octanol–water partition coefficient (Wildman–Crippen LogP) is 2.57. The molecule has 1 rings (SSSR count). The molecule has 0 bridgehead atoms. The van der Waals surface area contributed by atoms with Gasteiger partial charge in [-0.15, -0.1) is 0 Å². The lowest BCUT2D eigenvalue weighted by molar-refractivity contribution is 0.0601. The standard InChI is InChI=1S/C10H12F3N/c1-6-4-3-5-7(11)8(6)10(2,14)9(12)13/h3-5,9H,14H2,1-2H3. The van der Waals surface area contributed by atoms with E-state index in [0.717, 1.165) is 13.0 Å². The van der Waals surface area contributed by atoms with Crippen LogP contribution in [0, 0.1) is 12.7 Å². The third-order valence-electron chi connectivity index (χ3n) is 2.21. The predicted molar refractivity (Wildman–Crippen MR) is 48.7 cm³/mol. The molecule has 0 fully saturated rings. The lowest BCUT2D eigenvalue weighted by Gasteiger charge is -2.26. The molecule has 2 N–H and O–H groups in total. The van der Waals surface area contributed by atoms with E-state index in [-0.39, 0.29) is 5.56 Å². The molecular weight excluding hydrogens is 191 g/mol. The van der Waals surface area contributed by atoms with Gasteiger partial charge in [0.05, 0.1) is 0 Å². The summed E-state index contributed by atoms with van der Waals surface area (Å²) in [7, 11) is 0. The van der Waals surface area contributed by atoms with Crippen molar-refractivity contribution in [2.45, 2.75) is 25.8 Å². The molecule has 4 heteroatoms. The van der Waals surface area contributed by atoms with Crippen molar-refractivity contribution in [1.29, 1.82) is 0 Å². The summed E-state index contributed by atoms with van der Waals surface area (Å²) in [6.45, 7) is 2.69. The minimum atomic E-state index is -2.79. The van der Waals surface area contributed by atoms with Gasteiger partial charge in [-0.25, -0.2) is 13.2 Å².